The Balaban J connectivity index is 1.39. The molecule has 3 amide bonds. The summed E-state index contributed by atoms with van der Waals surface area (Å²) in [6, 6.07) is 17.0. The van der Waals surface area contributed by atoms with Crippen molar-refractivity contribution in [3.63, 3.8) is 0 Å². The number of aliphatic hydroxyl groups excluding tert-OH is 1. The topological polar surface area (TPSA) is 156 Å². The van der Waals surface area contributed by atoms with Gasteiger partial charge in [-0.25, -0.2) is 13.2 Å². The van der Waals surface area contributed by atoms with Crippen LogP contribution in [0.15, 0.2) is 71.6 Å². The van der Waals surface area contributed by atoms with E-state index in [0.717, 1.165) is 12.8 Å². The molecule has 0 aromatic heterocycles. The fourth-order valence-electron chi connectivity index (χ4n) is 5.85. The molecule has 3 aromatic carbocycles. The summed E-state index contributed by atoms with van der Waals surface area (Å²) < 4.78 is 51.4. The van der Waals surface area contributed by atoms with Crippen LogP contribution in [0.4, 0.5) is 16.2 Å². The van der Waals surface area contributed by atoms with Gasteiger partial charge in [0.25, 0.3) is 5.91 Å². The van der Waals surface area contributed by atoms with Gasteiger partial charge in [0, 0.05) is 50.1 Å². The summed E-state index contributed by atoms with van der Waals surface area (Å²) in [6.45, 7) is 5.99. The molecule has 0 unspecified atom stereocenters. The number of amides is 3. The van der Waals surface area contributed by atoms with Crippen molar-refractivity contribution < 1.29 is 42.1 Å². The van der Waals surface area contributed by atoms with Crippen LogP contribution in [0.5, 0.6) is 17.2 Å². The molecule has 0 fully saturated rings. The van der Waals surface area contributed by atoms with Crippen molar-refractivity contribution in [2.45, 2.75) is 63.2 Å². The standard InChI is InChI=1S/C36H46N4O9S/c1-24-20-40(25(2)22-41)35(42)30-18-27(37-36(43)38-28-14-16-32-33(19-28)48-23-47-32)13-15-31(30)49-26(3)10-8-9-17-46-34(24)21-39(4)50(44,45)29-11-6-5-7-12-29/h5-7,11-16,18-19,24-26,34,41H,8-10,17,20-23H2,1-4H3,(H2,37,38,43)/t24-,25-,26+,34-/m0/s1. The minimum absolute atomic E-state index is 0.0661. The number of ether oxygens (including phenoxy) is 4. The number of hydrogen-bond acceptors (Lipinski definition) is 9. The van der Waals surface area contributed by atoms with Crippen LogP contribution in [-0.2, 0) is 14.8 Å². The van der Waals surface area contributed by atoms with Crippen LogP contribution < -0.4 is 24.8 Å². The van der Waals surface area contributed by atoms with Crippen molar-refractivity contribution in [1.29, 1.82) is 0 Å². The zero-order valence-electron chi connectivity index (χ0n) is 28.8. The van der Waals surface area contributed by atoms with E-state index < -0.39 is 34.1 Å². The molecule has 2 aliphatic heterocycles. The Bertz CT molecular complexity index is 1740. The van der Waals surface area contributed by atoms with Gasteiger partial charge in [-0.05, 0) is 75.6 Å². The number of nitrogens with one attached hydrogen (secondary N) is 2. The summed E-state index contributed by atoms with van der Waals surface area (Å²) in [7, 11) is -2.26. The monoisotopic (exact) mass is 710 g/mol. The molecule has 2 heterocycles. The molecule has 0 radical (unpaired) electrons. The number of sulfonamides is 1. The van der Waals surface area contributed by atoms with Crippen LogP contribution in [0.2, 0.25) is 0 Å². The summed E-state index contributed by atoms with van der Waals surface area (Å²) in [4.78, 5) is 29.1. The number of carbonyl (C=O) groups excluding carboxylic acids is 2. The van der Waals surface area contributed by atoms with Gasteiger partial charge < -0.3 is 39.6 Å². The molecule has 2 aliphatic rings. The third-order valence-corrected chi connectivity index (χ3v) is 10.7. The van der Waals surface area contributed by atoms with E-state index in [-0.39, 0.29) is 49.0 Å². The molecule has 5 rings (SSSR count). The SMILES string of the molecule is C[C@@H]1CCCCO[C@@H](CN(C)S(=O)(=O)c2ccccc2)[C@@H](C)CN([C@@H](C)CO)C(=O)c2cc(NC(=O)Nc3ccc4c(c3)OCO4)ccc2O1. The number of carbonyl (C=O) groups is 2. The maximum Gasteiger partial charge on any atom is 0.323 e. The molecule has 0 spiro atoms. The molecule has 3 N–H and O–H groups in total. The van der Waals surface area contributed by atoms with Crippen molar-refractivity contribution >= 4 is 33.3 Å². The first kappa shape index (κ1) is 36.9. The number of hydrogen-bond donors (Lipinski definition) is 3. The second-order valence-corrected chi connectivity index (χ2v) is 14.8. The van der Waals surface area contributed by atoms with Crippen LogP contribution in [0.25, 0.3) is 0 Å². The van der Waals surface area contributed by atoms with Crippen molar-refractivity contribution in [2.24, 2.45) is 5.92 Å². The Hall–Kier alpha value is -4.37. The van der Waals surface area contributed by atoms with Crippen molar-refractivity contribution in [1.82, 2.24) is 9.21 Å². The van der Waals surface area contributed by atoms with E-state index in [1.54, 1.807) is 78.6 Å². The van der Waals surface area contributed by atoms with Gasteiger partial charge in [0.15, 0.2) is 11.5 Å². The Labute approximate surface area is 293 Å². The summed E-state index contributed by atoms with van der Waals surface area (Å²) in [5, 5.41) is 15.8. The first-order valence-corrected chi connectivity index (χ1v) is 18.2. The number of aliphatic hydroxyl groups is 1. The van der Waals surface area contributed by atoms with Gasteiger partial charge in [-0.2, -0.15) is 4.31 Å². The number of urea groups is 1. The summed E-state index contributed by atoms with van der Waals surface area (Å²) in [5.41, 5.74) is 1.06. The first-order valence-electron chi connectivity index (χ1n) is 16.8. The van der Waals surface area contributed by atoms with Gasteiger partial charge in [-0.15, -0.1) is 0 Å². The van der Waals surface area contributed by atoms with Gasteiger partial charge in [0.05, 0.1) is 35.3 Å². The molecule has 0 aliphatic carbocycles. The second kappa shape index (κ2) is 16.6. The molecular weight excluding hydrogens is 664 g/mol. The maximum absolute atomic E-state index is 14.4. The zero-order chi connectivity index (χ0) is 35.8. The Morgan fingerprint density at radius 3 is 2.38 bits per heavy atom. The van der Waals surface area contributed by atoms with Crippen molar-refractivity contribution in [3.05, 3.63) is 72.3 Å². The molecule has 0 bridgehead atoms. The van der Waals surface area contributed by atoms with Crippen LogP contribution >= 0.6 is 0 Å². The van der Waals surface area contributed by atoms with Crippen LogP contribution in [0.1, 0.15) is 50.4 Å². The van der Waals surface area contributed by atoms with Gasteiger partial charge >= 0.3 is 6.03 Å². The number of benzene rings is 3. The van der Waals surface area contributed by atoms with Gasteiger partial charge in [-0.3, -0.25) is 4.79 Å². The molecule has 0 saturated heterocycles. The molecule has 3 aromatic rings. The molecule has 4 atom stereocenters. The van der Waals surface area contributed by atoms with Gasteiger partial charge in [0.1, 0.15) is 5.75 Å². The average molecular weight is 711 g/mol. The fourth-order valence-corrected chi connectivity index (χ4v) is 7.06. The Morgan fingerprint density at radius 2 is 1.66 bits per heavy atom. The van der Waals surface area contributed by atoms with Crippen LogP contribution in [-0.4, -0.2) is 93.1 Å². The number of nitrogens with zero attached hydrogens (tertiary/aromatic N) is 2. The lowest BCUT2D eigenvalue weighted by Crippen LogP contribution is -2.48. The second-order valence-electron chi connectivity index (χ2n) is 12.8. The normalized spacial score (nSPS) is 20.7. The molecule has 270 valence electrons. The largest absolute Gasteiger partial charge is 0.490 e. The highest BCUT2D eigenvalue weighted by atomic mass is 32.2. The first-order chi connectivity index (χ1) is 24.0. The Kier molecular flexibility index (Phi) is 12.2. The van der Waals surface area contributed by atoms with E-state index in [4.69, 9.17) is 18.9 Å². The lowest BCUT2D eigenvalue weighted by atomic mass is 10.0. The molecule has 50 heavy (non-hydrogen) atoms. The van der Waals surface area contributed by atoms with E-state index in [1.807, 2.05) is 13.8 Å². The predicted octanol–water partition coefficient (Wildman–Crippen LogP) is 5.18. The fraction of sp³-hybridized carbons (Fsp3) is 0.444. The average Bonchev–Trinajstić information content (AvgIpc) is 3.57. The van der Waals surface area contributed by atoms with Gasteiger partial charge in [0.2, 0.25) is 16.8 Å². The van der Waals surface area contributed by atoms with E-state index >= 15 is 0 Å². The quantitative estimate of drug-likeness (QED) is 0.287. The molecule has 13 nitrogen and oxygen atoms in total. The minimum atomic E-state index is -3.79. The highest BCUT2D eigenvalue weighted by molar-refractivity contribution is 7.89. The van der Waals surface area contributed by atoms with E-state index in [1.165, 1.54) is 11.4 Å². The van der Waals surface area contributed by atoms with Crippen LogP contribution in [0, 0.1) is 5.92 Å². The van der Waals surface area contributed by atoms with Crippen molar-refractivity contribution in [3.8, 4) is 17.2 Å². The van der Waals surface area contributed by atoms with E-state index in [2.05, 4.69) is 10.6 Å². The third kappa shape index (κ3) is 9.04. The highest BCUT2D eigenvalue weighted by Crippen LogP contribution is 2.34. The summed E-state index contributed by atoms with van der Waals surface area (Å²) >= 11 is 0. The van der Waals surface area contributed by atoms with Crippen LogP contribution in [0.3, 0.4) is 0 Å². The molecule has 14 heteroatoms. The minimum Gasteiger partial charge on any atom is -0.490 e. The predicted molar refractivity (Wildman–Crippen MR) is 188 cm³/mol. The highest BCUT2D eigenvalue weighted by Gasteiger charge is 2.32. The summed E-state index contributed by atoms with van der Waals surface area (Å²) in [6.07, 6.45) is 1.42. The molecule has 0 saturated carbocycles. The third-order valence-electron chi connectivity index (χ3n) is 8.83. The lowest BCUT2D eigenvalue weighted by Gasteiger charge is -2.35. The maximum atomic E-state index is 14.4. The number of rotatable bonds is 8. The smallest absolute Gasteiger partial charge is 0.323 e. The Morgan fingerprint density at radius 1 is 0.980 bits per heavy atom. The van der Waals surface area contributed by atoms with E-state index in [0.29, 0.717) is 41.7 Å². The zero-order valence-corrected chi connectivity index (χ0v) is 29.6. The molecular formula is C36H46N4O9S. The lowest BCUT2D eigenvalue weighted by molar-refractivity contribution is -0.00833. The van der Waals surface area contributed by atoms with Crippen molar-refractivity contribution in [2.75, 3.05) is 50.8 Å². The van der Waals surface area contributed by atoms with Gasteiger partial charge in [-0.1, -0.05) is 25.1 Å². The number of fused-ring (bicyclic) bond motifs is 2. The number of likely N-dealkylation sites (N-methyl/N-ethyl adjacent to an activating group) is 1. The number of anilines is 2. The summed E-state index contributed by atoms with van der Waals surface area (Å²) in [5.74, 6) is 0.719. The van der Waals surface area contributed by atoms with E-state index in [9.17, 15) is 23.1 Å².